The minimum Gasteiger partial charge on any atom is -0.343 e. The van der Waals surface area contributed by atoms with Crippen LogP contribution in [0, 0.1) is 11.2 Å². The van der Waals surface area contributed by atoms with Crippen molar-refractivity contribution in [2.24, 2.45) is 5.41 Å². The first-order valence-corrected chi connectivity index (χ1v) is 10.1. The molecule has 1 fully saturated rings. The largest absolute Gasteiger partial charge is 0.343 e. The average Bonchev–Trinajstić information content (AvgIpc) is 3.03. The lowest BCUT2D eigenvalue weighted by atomic mass is 9.91. The third kappa shape index (κ3) is 5.25. The lowest BCUT2D eigenvalue weighted by Crippen LogP contribution is -2.54. The number of carbonyl (C=O) groups is 1. The number of carbonyl (C=O) groups excluding carboxylic acids is 1. The van der Waals surface area contributed by atoms with E-state index in [2.05, 4.69) is 42.0 Å². The van der Waals surface area contributed by atoms with E-state index in [1.807, 2.05) is 4.90 Å². The van der Waals surface area contributed by atoms with Gasteiger partial charge in [-0.3, -0.25) is 4.79 Å². The molecule has 2 aromatic rings. The zero-order valence-corrected chi connectivity index (χ0v) is 17.2. The Labute approximate surface area is 164 Å². The number of rotatable bonds is 4. The molecule has 1 aromatic carbocycles. The normalized spacial score (nSPS) is 18.0. The number of hydrogen-bond donors (Lipinski definition) is 0. The van der Waals surface area contributed by atoms with Crippen LogP contribution in [0.25, 0.3) is 0 Å². The number of amides is 1. The van der Waals surface area contributed by atoms with Gasteiger partial charge in [0.05, 0.1) is 0 Å². The maximum Gasteiger partial charge on any atom is 0.223 e. The SMILES string of the molecule is CC1CN(c2nc(Cc3ccc(F)cc3)ns2)CCN1C(=O)CC(C)(C)C. The highest BCUT2D eigenvalue weighted by molar-refractivity contribution is 7.09. The van der Waals surface area contributed by atoms with Gasteiger partial charge in [-0.1, -0.05) is 32.9 Å². The van der Waals surface area contributed by atoms with E-state index in [4.69, 9.17) is 0 Å². The molecule has 0 saturated carbocycles. The number of nitrogens with zero attached hydrogens (tertiary/aromatic N) is 4. The zero-order chi connectivity index (χ0) is 19.6. The van der Waals surface area contributed by atoms with Crippen molar-refractivity contribution >= 4 is 22.6 Å². The second-order valence-corrected chi connectivity index (χ2v) is 9.15. The van der Waals surface area contributed by atoms with Crippen molar-refractivity contribution in [3.63, 3.8) is 0 Å². The summed E-state index contributed by atoms with van der Waals surface area (Å²) in [5.41, 5.74) is 0.995. The van der Waals surface area contributed by atoms with Crippen LogP contribution in [0.5, 0.6) is 0 Å². The zero-order valence-electron chi connectivity index (χ0n) is 16.4. The van der Waals surface area contributed by atoms with Gasteiger partial charge in [0.2, 0.25) is 11.0 Å². The Morgan fingerprint density at radius 1 is 1.26 bits per heavy atom. The molecular weight excluding hydrogens is 363 g/mol. The summed E-state index contributed by atoms with van der Waals surface area (Å²) in [5.74, 6) is 0.739. The molecule has 0 bridgehead atoms. The van der Waals surface area contributed by atoms with Gasteiger partial charge in [0.25, 0.3) is 0 Å². The minimum atomic E-state index is -0.237. The fraction of sp³-hybridized carbons (Fsp3) is 0.550. The molecule has 1 atom stereocenters. The van der Waals surface area contributed by atoms with Gasteiger partial charge >= 0.3 is 0 Å². The quantitative estimate of drug-likeness (QED) is 0.798. The van der Waals surface area contributed by atoms with Crippen molar-refractivity contribution in [3.05, 3.63) is 41.5 Å². The molecule has 146 valence electrons. The molecule has 1 unspecified atom stereocenters. The lowest BCUT2D eigenvalue weighted by Gasteiger charge is -2.40. The fourth-order valence-corrected chi connectivity index (χ4v) is 4.01. The van der Waals surface area contributed by atoms with Gasteiger partial charge in [-0.05, 0) is 30.0 Å². The second-order valence-electron chi connectivity index (χ2n) is 8.42. The van der Waals surface area contributed by atoms with Gasteiger partial charge in [0, 0.05) is 50.1 Å². The minimum absolute atomic E-state index is 0.00240. The number of halogens is 1. The summed E-state index contributed by atoms with van der Waals surface area (Å²) >= 11 is 1.39. The molecule has 0 aliphatic carbocycles. The smallest absolute Gasteiger partial charge is 0.223 e. The molecule has 7 heteroatoms. The number of hydrogen-bond acceptors (Lipinski definition) is 5. The third-order valence-corrected chi connectivity index (χ3v) is 5.45. The molecule has 0 N–H and O–H groups in total. The second kappa shape index (κ2) is 7.92. The van der Waals surface area contributed by atoms with E-state index >= 15 is 0 Å². The molecule has 27 heavy (non-hydrogen) atoms. The predicted molar refractivity (Wildman–Crippen MR) is 107 cm³/mol. The van der Waals surface area contributed by atoms with Gasteiger partial charge in [-0.2, -0.15) is 4.37 Å². The van der Waals surface area contributed by atoms with Crippen LogP contribution in [0.15, 0.2) is 24.3 Å². The molecule has 5 nitrogen and oxygen atoms in total. The van der Waals surface area contributed by atoms with Crippen molar-refractivity contribution in [1.82, 2.24) is 14.3 Å². The molecule has 1 aliphatic heterocycles. The van der Waals surface area contributed by atoms with Gasteiger partial charge in [-0.15, -0.1) is 0 Å². The first-order valence-electron chi connectivity index (χ1n) is 9.33. The van der Waals surface area contributed by atoms with E-state index in [0.717, 1.165) is 29.6 Å². The first-order chi connectivity index (χ1) is 12.7. The van der Waals surface area contributed by atoms with Crippen LogP contribution in [-0.4, -0.2) is 45.8 Å². The van der Waals surface area contributed by atoms with Crippen LogP contribution in [-0.2, 0) is 11.2 Å². The lowest BCUT2D eigenvalue weighted by molar-refractivity contribution is -0.135. The standard InChI is InChI=1S/C20H27FN4OS/c1-14-13-24(9-10-25(14)18(26)12-20(2,3)4)19-22-17(23-27-19)11-15-5-7-16(21)8-6-15/h5-8,14H,9-13H2,1-4H3. The van der Waals surface area contributed by atoms with E-state index in [9.17, 15) is 9.18 Å². The van der Waals surface area contributed by atoms with Gasteiger partial charge in [0.1, 0.15) is 11.6 Å². The molecular formula is C20H27FN4OS. The Balaban J connectivity index is 1.60. The van der Waals surface area contributed by atoms with Crippen LogP contribution in [0.2, 0.25) is 0 Å². The number of piperazine rings is 1. The maximum absolute atomic E-state index is 13.0. The molecule has 1 saturated heterocycles. The Bertz CT molecular complexity index is 784. The molecule has 3 rings (SSSR count). The summed E-state index contributed by atoms with van der Waals surface area (Å²) in [6, 6.07) is 6.59. The Kier molecular flexibility index (Phi) is 5.79. The van der Waals surface area contributed by atoms with Crippen LogP contribution in [0.4, 0.5) is 9.52 Å². The van der Waals surface area contributed by atoms with Crippen LogP contribution in [0.3, 0.4) is 0 Å². The van der Waals surface area contributed by atoms with Crippen molar-refractivity contribution in [2.75, 3.05) is 24.5 Å². The summed E-state index contributed by atoms with van der Waals surface area (Å²) in [6.45, 7) is 10.6. The molecule has 1 aromatic heterocycles. The van der Waals surface area contributed by atoms with Crippen molar-refractivity contribution < 1.29 is 9.18 Å². The van der Waals surface area contributed by atoms with Gasteiger partial charge < -0.3 is 9.80 Å². The molecule has 2 heterocycles. The van der Waals surface area contributed by atoms with Crippen molar-refractivity contribution in [1.29, 1.82) is 0 Å². The maximum atomic E-state index is 13.0. The Morgan fingerprint density at radius 2 is 1.96 bits per heavy atom. The topological polar surface area (TPSA) is 49.3 Å². The first kappa shape index (κ1) is 19.7. The third-order valence-electron chi connectivity index (χ3n) is 4.63. The van der Waals surface area contributed by atoms with Crippen molar-refractivity contribution in [3.8, 4) is 0 Å². The Morgan fingerprint density at radius 3 is 2.59 bits per heavy atom. The van der Waals surface area contributed by atoms with Crippen LogP contribution < -0.4 is 4.90 Å². The average molecular weight is 391 g/mol. The van der Waals surface area contributed by atoms with E-state index in [0.29, 0.717) is 19.4 Å². The van der Waals surface area contributed by atoms with Crippen molar-refractivity contribution in [2.45, 2.75) is 46.6 Å². The monoisotopic (exact) mass is 390 g/mol. The Hall–Kier alpha value is -2.02. The summed E-state index contributed by atoms with van der Waals surface area (Å²) in [5, 5.41) is 0.891. The van der Waals surface area contributed by atoms with E-state index in [1.54, 1.807) is 12.1 Å². The molecule has 0 radical (unpaired) electrons. The van der Waals surface area contributed by atoms with E-state index in [-0.39, 0.29) is 23.2 Å². The van der Waals surface area contributed by atoms with Crippen LogP contribution >= 0.6 is 11.5 Å². The van der Waals surface area contributed by atoms with Gasteiger partial charge in [0.15, 0.2) is 0 Å². The fourth-order valence-electron chi connectivity index (χ4n) is 3.29. The molecule has 1 aliphatic rings. The number of anilines is 1. The highest BCUT2D eigenvalue weighted by atomic mass is 32.1. The van der Waals surface area contributed by atoms with E-state index < -0.39 is 0 Å². The van der Waals surface area contributed by atoms with E-state index in [1.165, 1.54) is 23.7 Å². The van der Waals surface area contributed by atoms with Crippen LogP contribution in [0.1, 0.15) is 45.5 Å². The number of benzene rings is 1. The summed E-state index contributed by atoms with van der Waals surface area (Å²) in [4.78, 5) is 21.4. The summed E-state index contributed by atoms with van der Waals surface area (Å²) < 4.78 is 17.5. The molecule has 1 amide bonds. The molecule has 0 spiro atoms. The summed E-state index contributed by atoms with van der Waals surface area (Å²) in [6.07, 6.45) is 1.16. The summed E-state index contributed by atoms with van der Waals surface area (Å²) in [7, 11) is 0. The van der Waals surface area contributed by atoms with Gasteiger partial charge in [-0.25, -0.2) is 9.37 Å². The number of aromatic nitrogens is 2. The predicted octanol–water partition coefficient (Wildman–Crippen LogP) is 3.74. The highest BCUT2D eigenvalue weighted by Gasteiger charge is 2.30. The highest BCUT2D eigenvalue weighted by Crippen LogP contribution is 2.25.